The van der Waals surface area contributed by atoms with Gasteiger partial charge >= 0.3 is 5.97 Å². The molecule has 0 spiro atoms. The molecule has 2 aromatic rings. The summed E-state index contributed by atoms with van der Waals surface area (Å²) in [7, 11) is -1.17. The Morgan fingerprint density at radius 1 is 1.09 bits per heavy atom. The van der Waals surface area contributed by atoms with Crippen molar-refractivity contribution in [2.45, 2.75) is 49.1 Å². The van der Waals surface area contributed by atoms with Gasteiger partial charge < -0.3 is 9.64 Å². The smallest absolute Gasteiger partial charge is 0.328 e. The molecule has 1 aliphatic carbocycles. The molecule has 2 fully saturated rings. The molecule has 1 heterocycles. The lowest BCUT2D eigenvalue weighted by Gasteiger charge is -2.33. The third-order valence-electron chi connectivity index (χ3n) is 6.71. The molecule has 2 aromatic carbocycles. The Hall–Kier alpha value is -2.58. The maximum atomic E-state index is 13.6. The SMILES string of the molecule is COC(=O)[C@@H]1C[C@@H]2CCCC[C@@H]2N1C(=O)c1cccc(S(=O)(=O)N(C)c2cccc(Cl)c2)c1. The minimum atomic E-state index is -3.93. The molecule has 7 nitrogen and oxygen atoms in total. The fourth-order valence-electron chi connectivity index (χ4n) is 5.01. The maximum absolute atomic E-state index is 13.6. The Morgan fingerprint density at radius 3 is 2.55 bits per heavy atom. The third-order valence-corrected chi connectivity index (χ3v) is 8.72. The van der Waals surface area contributed by atoms with E-state index >= 15 is 0 Å². The molecule has 9 heteroatoms. The summed E-state index contributed by atoms with van der Waals surface area (Å²) >= 11 is 6.02. The van der Waals surface area contributed by atoms with E-state index < -0.39 is 22.0 Å². The number of hydrogen-bond donors (Lipinski definition) is 0. The van der Waals surface area contributed by atoms with Crippen LogP contribution in [-0.2, 0) is 19.6 Å². The zero-order valence-electron chi connectivity index (χ0n) is 18.6. The molecular weight excluding hydrogens is 464 g/mol. The van der Waals surface area contributed by atoms with Crippen molar-refractivity contribution in [2.75, 3.05) is 18.5 Å². The molecule has 1 saturated heterocycles. The first-order valence-electron chi connectivity index (χ1n) is 11.0. The van der Waals surface area contributed by atoms with Crippen LogP contribution < -0.4 is 4.31 Å². The number of rotatable bonds is 5. The van der Waals surface area contributed by atoms with Gasteiger partial charge in [0.25, 0.3) is 15.9 Å². The number of amides is 1. The molecule has 0 radical (unpaired) electrons. The largest absolute Gasteiger partial charge is 0.467 e. The van der Waals surface area contributed by atoms with Gasteiger partial charge in [-0.05, 0) is 61.6 Å². The van der Waals surface area contributed by atoms with Gasteiger partial charge in [-0.3, -0.25) is 9.10 Å². The zero-order valence-corrected chi connectivity index (χ0v) is 20.2. The molecule has 0 aromatic heterocycles. The Bertz CT molecular complexity index is 1170. The second-order valence-corrected chi connectivity index (χ2v) is 11.0. The van der Waals surface area contributed by atoms with Crippen LogP contribution in [0.4, 0.5) is 5.69 Å². The number of methoxy groups -OCH3 is 1. The van der Waals surface area contributed by atoms with E-state index in [9.17, 15) is 18.0 Å². The first kappa shape index (κ1) is 23.6. The van der Waals surface area contributed by atoms with Crippen LogP contribution in [-0.4, -0.2) is 51.4 Å². The van der Waals surface area contributed by atoms with E-state index in [0.29, 0.717) is 17.1 Å². The second-order valence-electron chi connectivity index (χ2n) is 8.58. The van der Waals surface area contributed by atoms with E-state index in [1.54, 1.807) is 41.3 Å². The van der Waals surface area contributed by atoms with Crippen LogP contribution in [0.15, 0.2) is 53.4 Å². The number of likely N-dealkylation sites (tertiary alicyclic amines) is 1. The van der Waals surface area contributed by atoms with Crippen molar-refractivity contribution < 1.29 is 22.7 Å². The van der Waals surface area contributed by atoms with Crippen LogP contribution in [0, 0.1) is 5.92 Å². The van der Waals surface area contributed by atoms with Crippen molar-refractivity contribution in [1.82, 2.24) is 4.90 Å². The van der Waals surface area contributed by atoms with E-state index in [1.807, 2.05) is 0 Å². The number of carbonyl (C=O) groups excluding carboxylic acids is 2. The molecule has 4 rings (SSSR count). The number of halogens is 1. The van der Waals surface area contributed by atoms with Gasteiger partial charge in [-0.25, -0.2) is 13.2 Å². The number of anilines is 1. The van der Waals surface area contributed by atoms with E-state index in [0.717, 1.165) is 30.0 Å². The van der Waals surface area contributed by atoms with Gasteiger partial charge in [-0.2, -0.15) is 0 Å². The summed E-state index contributed by atoms with van der Waals surface area (Å²) in [5, 5.41) is 0.420. The van der Waals surface area contributed by atoms with Gasteiger partial charge in [0.15, 0.2) is 0 Å². The highest BCUT2D eigenvalue weighted by molar-refractivity contribution is 7.92. The van der Waals surface area contributed by atoms with Crippen molar-refractivity contribution in [2.24, 2.45) is 5.92 Å². The number of nitrogens with zero attached hydrogens (tertiary/aromatic N) is 2. The molecule has 0 bridgehead atoms. The highest BCUT2D eigenvalue weighted by atomic mass is 35.5. The minimum absolute atomic E-state index is 0.00941. The Balaban J connectivity index is 1.66. The fraction of sp³-hybridized carbons (Fsp3) is 0.417. The van der Waals surface area contributed by atoms with Gasteiger partial charge in [0.1, 0.15) is 6.04 Å². The van der Waals surface area contributed by atoms with Gasteiger partial charge in [0.05, 0.1) is 17.7 Å². The average Bonchev–Trinajstić information content (AvgIpc) is 3.22. The summed E-state index contributed by atoms with van der Waals surface area (Å²) in [6, 6.07) is 11.8. The summed E-state index contributed by atoms with van der Waals surface area (Å²) in [6.07, 6.45) is 4.47. The van der Waals surface area contributed by atoms with Crippen molar-refractivity contribution in [1.29, 1.82) is 0 Å². The van der Waals surface area contributed by atoms with E-state index in [1.165, 1.54) is 26.3 Å². The van der Waals surface area contributed by atoms with Crippen molar-refractivity contribution in [3.05, 3.63) is 59.1 Å². The summed E-state index contributed by atoms with van der Waals surface area (Å²) in [5.74, 6) is -0.517. The van der Waals surface area contributed by atoms with Gasteiger partial charge in [-0.1, -0.05) is 36.6 Å². The third kappa shape index (κ3) is 4.46. The highest BCUT2D eigenvalue weighted by Gasteiger charge is 2.48. The molecule has 2 aliphatic rings. The van der Waals surface area contributed by atoms with Crippen LogP contribution in [0.25, 0.3) is 0 Å². The lowest BCUT2D eigenvalue weighted by molar-refractivity contribution is -0.145. The first-order chi connectivity index (χ1) is 15.7. The Morgan fingerprint density at radius 2 is 1.82 bits per heavy atom. The van der Waals surface area contributed by atoms with Crippen molar-refractivity contribution >= 4 is 39.2 Å². The topological polar surface area (TPSA) is 84.0 Å². The van der Waals surface area contributed by atoms with E-state index in [4.69, 9.17) is 16.3 Å². The highest BCUT2D eigenvalue weighted by Crippen LogP contribution is 2.41. The standard InChI is InChI=1S/C24H27ClN2O5S/c1-26(19-10-6-9-18(25)15-19)33(30,31)20-11-5-8-17(13-20)23(28)27-21-12-4-3-7-16(21)14-22(27)24(29)32-2/h5-6,8-11,13,15-16,21-22H,3-4,7,12,14H2,1-2H3/t16-,21-,22-/m0/s1. The molecule has 176 valence electrons. The van der Waals surface area contributed by atoms with Crippen LogP contribution in [0.2, 0.25) is 5.02 Å². The van der Waals surface area contributed by atoms with Crippen molar-refractivity contribution in [3.8, 4) is 0 Å². The summed E-state index contributed by atoms with van der Waals surface area (Å²) in [6.45, 7) is 0. The zero-order chi connectivity index (χ0) is 23.8. The molecule has 1 amide bonds. The Kier molecular flexibility index (Phi) is 6.68. The first-order valence-corrected chi connectivity index (χ1v) is 12.8. The summed E-state index contributed by atoms with van der Waals surface area (Å²) in [4.78, 5) is 27.7. The molecule has 0 N–H and O–H groups in total. The van der Waals surface area contributed by atoms with Crippen LogP contribution in [0.1, 0.15) is 42.5 Å². The number of esters is 1. The number of sulfonamides is 1. The maximum Gasteiger partial charge on any atom is 0.328 e. The number of carbonyl (C=O) groups is 2. The monoisotopic (exact) mass is 490 g/mol. The molecule has 1 aliphatic heterocycles. The van der Waals surface area contributed by atoms with Gasteiger partial charge in [0, 0.05) is 23.7 Å². The van der Waals surface area contributed by atoms with E-state index in [-0.39, 0.29) is 28.3 Å². The van der Waals surface area contributed by atoms with Gasteiger partial charge in [0.2, 0.25) is 0 Å². The number of hydrogen-bond acceptors (Lipinski definition) is 5. The van der Waals surface area contributed by atoms with Crippen LogP contribution in [0.5, 0.6) is 0 Å². The Labute approximate surface area is 199 Å². The average molecular weight is 491 g/mol. The molecule has 33 heavy (non-hydrogen) atoms. The van der Waals surface area contributed by atoms with Crippen LogP contribution >= 0.6 is 11.6 Å². The fourth-order valence-corrected chi connectivity index (χ4v) is 6.42. The number of benzene rings is 2. The van der Waals surface area contributed by atoms with E-state index in [2.05, 4.69) is 0 Å². The lowest BCUT2D eigenvalue weighted by atomic mass is 9.84. The lowest BCUT2D eigenvalue weighted by Crippen LogP contribution is -2.46. The summed E-state index contributed by atoms with van der Waals surface area (Å²) < 4.78 is 32.7. The molecule has 1 saturated carbocycles. The van der Waals surface area contributed by atoms with Crippen LogP contribution in [0.3, 0.4) is 0 Å². The molecule has 3 atom stereocenters. The van der Waals surface area contributed by atoms with Gasteiger partial charge in [-0.15, -0.1) is 0 Å². The minimum Gasteiger partial charge on any atom is -0.467 e. The normalized spacial score (nSPS) is 22.5. The van der Waals surface area contributed by atoms with Crippen molar-refractivity contribution in [3.63, 3.8) is 0 Å². The number of fused-ring (bicyclic) bond motifs is 1. The molecular formula is C24H27ClN2O5S. The summed E-state index contributed by atoms with van der Waals surface area (Å²) in [5.41, 5.74) is 0.644. The molecule has 0 unspecified atom stereocenters. The predicted molar refractivity (Wildman–Crippen MR) is 126 cm³/mol. The second kappa shape index (κ2) is 9.35. The quantitative estimate of drug-likeness (QED) is 0.589. The predicted octanol–water partition coefficient (Wildman–Crippen LogP) is 4.11. The number of ether oxygens (including phenoxy) is 1.